The highest BCUT2D eigenvalue weighted by atomic mass is 16.5. The zero-order chi connectivity index (χ0) is 25.2. The second kappa shape index (κ2) is 9.65. The predicted molar refractivity (Wildman–Crippen MR) is 133 cm³/mol. The van der Waals surface area contributed by atoms with E-state index in [0.717, 1.165) is 36.8 Å². The van der Waals surface area contributed by atoms with Gasteiger partial charge in [0.15, 0.2) is 0 Å². The lowest BCUT2D eigenvalue weighted by molar-refractivity contribution is 0.0876. The zero-order valence-electron chi connectivity index (χ0n) is 19.8. The van der Waals surface area contributed by atoms with Crippen molar-refractivity contribution in [3.8, 4) is 17.0 Å². The van der Waals surface area contributed by atoms with Crippen LogP contribution in [0.25, 0.3) is 16.8 Å². The highest BCUT2D eigenvalue weighted by Crippen LogP contribution is 2.25. The average Bonchev–Trinajstić information content (AvgIpc) is 3.30. The molecule has 1 fully saturated rings. The molecule has 36 heavy (non-hydrogen) atoms. The van der Waals surface area contributed by atoms with Gasteiger partial charge in [-0.15, -0.1) is 0 Å². The van der Waals surface area contributed by atoms with Crippen molar-refractivity contribution in [3.63, 3.8) is 0 Å². The molecule has 4 heterocycles. The number of rotatable bonds is 6. The summed E-state index contributed by atoms with van der Waals surface area (Å²) in [6.45, 7) is 0. The highest BCUT2D eigenvalue weighted by Gasteiger charge is 2.26. The molecular weight excluding hydrogens is 460 g/mol. The summed E-state index contributed by atoms with van der Waals surface area (Å²) >= 11 is 0. The molecule has 1 saturated carbocycles. The SMILES string of the molecule is Cn1cc(-c2ccn3c(C(=O)NC4CCC(Oc5ncccc5C(N)=O)CC4)cnc3c2)ccc1=O. The lowest BCUT2D eigenvalue weighted by Gasteiger charge is -2.29. The van der Waals surface area contributed by atoms with Crippen LogP contribution >= 0.6 is 0 Å². The van der Waals surface area contributed by atoms with Crippen molar-refractivity contribution in [2.75, 3.05) is 0 Å². The zero-order valence-corrected chi connectivity index (χ0v) is 19.8. The Morgan fingerprint density at radius 2 is 1.89 bits per heavy atom. The first-order valence-electron chi connectivity index (χ1n) is 11.8. The largest absolute Gasteiger partial charge is 0.474 e. The van der Waals surface area contributed by atoms with Crippen LogP contribution in [0.15, 0.2) is 66.0 Å². The quantitative estimate of drug-likeness (QED) is 0.430. The number of carbonyl (C=O) groups excluding carboxylic acids is 2. The Kier molecular flexibility index (Phi) is 6.24. The highest BCUT2D eigenvalue weighted by molar-refractivity contribution is 5.95. The lowest BCUT2D eigenvalue weighted by atomic mass is 9.93. The second-order valence-electron chi connectivity index (χ2n) is 8.94. The molecule has 3 N–H and O–H groups in total. The first-order chi connectivity index (χ1) is 17.4. The third-order valence-corrected chi connectivity index (χ3v) is 6.49. The number of nitrogens with two attached hydrogens (primary N) is 1. The monoisotopic (exact) mass is 486 g/mol. The van der Waals surface area contributed by atoms with Crippen LogP contribution in [0.2, 0.25) is 0 Å². The van der Waals surface area contributed by atoms with E-state index >= 15 is 0 Å². The molecule has 0 aliphatic heterocycles. The Morgan fingerprint density at radius 3 is 2.64 bits per heavy atom. The number of imidazole rings is 1. The van der Waals surface area contributed by atoms with Crippen LogP contribution in [0.1, 0.15) is 46.5 Å². The van der Waals surface area contributed by atoms with Crippen LogP contribution < -0.4 is 21.3 Å². The fourth-order valence-corrected chi connectivity index (χ4v) is 4.51. The number of hydrogen-bond donors (Lipinski definition) is 2. The molecule has 2 amide bonds. The number of primary amides is 1. The summed E-state index contributed by atoms with van der Waals surface area (Å²) in [7, 11) is 1.71. The Balaban J connectivity index is 1.22. The first kappa shape index (κ1) is 23.3. The van der Waals surface area contributed by atoms with Gasteiger partial charge in [0.05, 0.1) is 6.20 Å². The minimum absolute atomic E-state index is 0.00659. The number of carbonyl (C=O) groups is 2. The van der Waals surface area contributed by atoms with Crippen LogP contribution in [0, 0.1) is 0 Å². The van der Waals surface area contributed by atoms with Crippen molar-refractivity contribution >= 4 is 17.5 Å². The summed E-state index contributed by atoms with van der Waals surface area (Å²) in [4.78, 5) is 44.8. The number of nitrogens with zero attached hydrogens (tertiary/aromatic N) is 4. The molecular formula is C26H26N6O4. The van der Waals surface area contributed by atoms with Crippen molar-refractivity contribution in [2.24, 2.45) is 12.8 Å². The summed E-state index contributed by atoms with van der Waals surface area (Å²) in [6, 6.07) is 10.3. The third-order valence-electron chi connectivity index (χ3n) is 6.49. The van der Waals surface area contributed by atoms with Crippen molar-refractivity contribution in [2.45, 2.75) is 37.8 Å². The Labute approximate surface area is 206 Å². The molecule has 0 aromatic carbocycles. The predicted octanol–water partition coefficient (Wildman–Crippen LogP) is 2.31. The smallest absolute Gasteiger partial charge is 0.270 e. The van der Waals surface area contributed by atoms with Gasteiger partial charge in [-0.2, -0.15) is 0 Å². The number of hydrogen-bond acceptors (Lipinski definition) is 6. The molecule has 10 nitrogen and oxygen atoms in total. The number of amides is 2. The van der Waals surface area contributed by atoms with Crippen molar-refractivity contribution in [1.29, 1.82) is 0 Å². The molecule has 1 aliphatic carbocycles. The van der Waals surface area contributed by atoms with E-state index in [4.69, 9.17) is 10.5 Å². The minimum Gasteiger partial charge on any atom is -0.474 e. The van der Waals surface area contributed by atoms with E-state index in [9.17, 15) is 14.4 Å². The maximum Gasteiger partial charge on any atom is 0.270 e. The fourth-order valence-electron chi connectivity index (χ4n) is 4.51. The van der Waals surface area contributed by atoms with Crippen LogP contribution in [0.4, 0.5) is 0 Å². The van der Waals surface area contributed by atoms with E-state index in [1.165, 1.54) is 10.6 Å². The van der Waals surface area contributed by atoms with Crippen LogP contribution in [-0.4, -0.2) is 42.9 Å². The van der Waals surface area contributed by atoms with Crippen LogP contribution in [-0.2, 0) is 7.05 Å². The maximum absolute atomic E-state index is 13.0. The number of ether oxygens (including phenoxy) is 1. The second-order valence-corrected chi connectivity index (χ2v) is 8.94. The van der Waals surface area contributed by atoms with Gasteiger partial charge in [0.2, 0.25) is 11.4 Å². The van der Waals surface area contributed by atoms with Crippen molar-refractivity contribution < 1.29 is 14.3 Å². The summed E-state index contributed by atoms with van der Waals surface area (Å²) in [5.74, 6) is -0.517. The lowest BCUT2D eigenvalue weighted by Crippen LogP contribution is -2.40. The molecule has 0 atom stereocenters. The summed E-state index contributed by atoms with van der Waals surface area (Å²) < 4.78 is 9.21. The molecule has 5 rings (SSSR count). The van der Waals surface area contributed by atoms with Crippen LogP contribution in [0.5, 0.6) is 5.88 Å². The van der Waals surface area contributed by atoms with Gasteiger partial charge in [-0.05, 0) is 67.1 Å². The topological polar surface area (TPSA) is 134 Å². The molecule has 0 saturated heterocycles. The van der Waals surface area contributed by atoms with E-state index in [-0.39, 0.29) is 35.1 Å². The van der Waals surface area contributed by atoms with E-state index in [2.05, 4.69) is 15.3 Å². The van der Waals surface area contributed by atoms with Gasteiger partial charge in [0, 0.05) is 37.7 Å². The van der Waals surface area contributed by atoms with Gasteiger partial charge in [0.1, 0.15) is 23.0 Å². The van der Waals surface area contributed by atoms with Gasteiger partial charge in [-0.1, -0.05) is 0 Å². The van der Waals surface area contributed by atoms with Gasteiger partial charge in [-0.3, -0.25) is 18.8 Å². The van der Waals surface area contributed by atoms with E-state index < -0.39 is 5.91 Å². The first-order valence-corrected chi connectivity index (χ1v) is 11.8. The third kappa shape index (κ3) is 4.70. The molecule has 0 bridgehead atoms. The van der Waals surface area contributed by atoms with Gasteiger partial charge >= 0.3 is 0 Å². The van der Waals surface area contributed by atoms with Crippen molar-refractivity contribution in [1.82, 2.24) is 24.3 Å². The van der Waals surface area contributed by atoms with Gasteiger partial charge < -0.3 is 20.4 Å². The average molecular weight is 487 g/mol. The minimum atomic E-state index is -0.575. The molecule has 4 aromatic heterocycles. The number of nitrogens with one attached hydrogen (secondary N) is 1. The Bertz CT molecular complexity index is 1500. The molecule has 184 valence electrons. The number of aromatic nitrogens is 4. The molecule has 1 aliphatic rings. The standard InChI is InChI=1S/C26H26N6O4/c1-31-15-17(4-9-23(31)33)16-10-12-32-21(14-29-22(32)13-16)25(35)30-18-5-7-19(8-6-18)36-26-20(24(27)34)3-2-11-28-26/h2-4,9-15,18-19H,5-8H2,1H3,(H2,27,34)(H,30,35). The Morgan fingerprint density at radius 1 is 1.08 bits per heavy atom. The van der Waals surface area contributed by atoms with E-state index in [0.29, 0.717) is 11.3 Å². The summed E-state index contributed by atoms with van der Waals surface area (Å²) in [5, 5.41) is 3.10. The maximum atomic E-state index is 13.0. The Hall–Kier alpha value is -4.47. The van der Waals surface area contributed by atoms with E-state index in [1.54, 1.807) is 48.2 Å². The number of aryl methyl sites for hydroxylation is 1. The fraction of sp³-hybridized carbons (Fsp3) is 0.269. The van der Waals surface area contributed by atoms with Gasteiger partial charge in [0.25, 0.3) is 11.8 Å². The van der Waals surface area contributed by atoms with Crippen LogP contribution in [0.3, 0.4) is 0 Å². The van der Waals surface area contributed by atoms with Crippen molar-refractivity contribution in [3.05, 3.63) is 82.8 Å². The van der Waals surface area contributed by atoms with E-state index in [1.807, 2.05) is 18.3 Å². The number of fused-ring (bicyclic) bond motifs is 1. The molecule has 0 radical (unpaired) electrons. The van der Waals surface area contributed by atoms with Gasteiger partial charge in [-0.25, -0.2) is 9.97 Å². The normalized spacial score (nSPS) is 17.6. The molecule has 0 spiro atoms. The summed E-state index contributed by atoms with van der Waals surface area (Å²) in [6.07, 6.45) is 9.53. The summed E-state index contributed by atoms with van der Waals surface area (Å²) in [5.41, 5.74) is 8.48. The molecule has 4 aromatic rings. The number of pyridine rings is 3. The molecule has 0 unspecified atom stereocenters. The molecule has 10 heteroatoms.